The first-order valence-corrected chi connectivity index (χ1v) is 5.89. The maximum atomic E-state index is 12.8. The third-order valence-corrected chi connectivity index (χ3v) is 2.94. The monoisotopic (exact) mass is 249 g/mol. The Morgan fingerprint density at radius 2 is 1.94 bits per heavy atom. The SMILES string of the molecule is CC(N)C(C)c1nc(Cc2ccc(F)cc2)no1. The van der Waals surface area contributed by atoms with Gasteiger partial charge in [0.25, 0.3) is 0 Å². The van der Waals surface area contributed by atoms with Crippen molar-refractivity contribution in [2.75, 3.05) is 0 Å². The molecule has 1 aromatic heterocycles. The number of hydrogen-bond acceptors (Lipinski definition) is 4. The summed E-state index contributed by atoms with van der Waals surface area (Å²) in [5, 5.41) is 3.90. The first-order chi connectivity index (χ1) is 8.56. The number of rotatable bonds is 4. The summed E-state index contributed by atoms with van der Waals surface area (Å²) < 4.78 is 17.9. The van der Waals surface area contributed by atoms with Gasteiger partial charge in [-0.2, -0.15) is 4.98 Å². The third-order valence-electron chi connectivity index (χ3n) is 2.94. The quantitative estimate of drug-likeness (QED) is 0.902. The zero-order valence-corrected chi connectivity index (χ0v) is 10.4. The molecule has 0 spiro atoms. The van der Waals surface area contributed by atoms with Crippen LogP contribution in [0.1, 0.15) is 37.0 Å². The highest BCUT2D eigenvalue weighted by Gasteiger charge is 2.17. The van der Waals surface area contributed by atoms with Gasteiger partial charge >= 0.3 is 0 Å². The molecule has 1 heterocycles. The molecule has 0 aliphatic heterocycles. The van der Waals surface area contributed by atoms with Crippen LogP contribution in [0.3, 0.4) is 0 Å². The van der Waals surface area contributed by atoms with Crippen LogP contribution in [-0.2, 0) is 6.42 Å². The molecule has 4 nitrogen and oxygen atoms in total. The summed E-state index contributed by atoms with van der Waals surface area (Å²) in [6, 6.07) is 6.21. The van der Waals surface area contributed by atoms with Crippen molar-refractivity contribution in [3.8, 4) is 0 Å². The fourth-order valence-corrected chi connectivity index (χ4v) is 1.53. The Balaban J connectivity index is 2.09. The molecular weight excluding hydrogens is 233 g/mol. The Morgan fingerprint density at radius 1 is 1.28 bits per heavy atom. The van der Waals surface area contributed by atoms with E-state index in [1.165, 1.54) is 12.1 Å². The van der Waals surface area contributed by atoms with Crippen LogP contribution in [0, 0.1) is 5.82 Å². The second-order valence-electron chi connectivity index (χ2n) is 4.50. The predicted molar refractivity (Wildman–Crippen MR) is 65.6 cm³/mol. The number of halogens is 1. The summed E-state index contributed by atoms with van der Waals surface area (Å²) in [5.41, 5.74) is 6.72. The van der Waals surface area contributed by atoms with Gasteiger partial charge in [-0.25, -0.2) is 4.39 Å². The predicted octanol–water partition coefficient (Wildman–Crippen LogP) is 2.25. The molecule has 0 saturated carbocycles. The fraction of sp³-hybridized carbons (Fsp3) is 0.385. The Hall–Kier alpha value is -1.75. The average molecular weight is 249 g/mol. The third kappa shape index (κ3) is 2.92. The molecule has 2 atom stereocenters. The Bertz CT molecular complexity index is 507. The first-order valence-electron chi connectivity index (χ1n) is 5.89. The summed E-state index contributed by atoms with van der Waals surface area (Å²) in [6.07, 6.45) is 0.523. The Morgan fingerprint density at radius 3 is 2.56 bits per heavy atom. The van der Waals surface area contributed by atoms with E-state index in [1.807, 2.05) is 13.8 Å². The van der Waals surface area contributed by atoms with Crippen molar-refractivity contribution in [1.82, 2.24) is 10.1 Å². The van der Waals surface area contributed by atoms with E-state index < -0.39 is 0 Å². The molecule has 0 aliphatic carbocycles. The van der Waals surface area contributed by atoms with Gasteiger partial charge in [-0.05, 0) is 24.6 Å². The Kier molecular flexibility index (Phi) is 3.72. The van der Waals surface area contributed by atoms with Gasteiger partial charge in [-0.3, -0.25) is 0 Å². The van der Waals surface area contributed by atoms with Crippen molar-refractivity contribution in [3.63, 3.8) is 0 Å². The van der Waals surface area contributed by atoms with Gasteiger partial charge in [-0.1, -0.05) is 24.2 Å². The molecule has 1 aromatic carbocycles. The summed E-state index contributed by atoms with van der Waals surface area (Å²) >= 11 is 0. The molecule has 0 saturated heterocycles. The summed E-state index contributed by atoms with van der Waals surface area (Å²) in [4.78, 5) is 4.30. The highest BCUT2D eigenvalue weighted by molar-refractivity contribution is 5.19. The molecule has 0 aliphatic rings. The van der Waals surface area contributed by atoms with Crippen LogP contribution in [0.5, 0.6) is 0 Å². The summed E-state index contributed by atoms with van der Waals surface area (Å²) in [7, 11) is 0. The van der Waals surface area contributed by atoms with Crippen molar-refractivity contribution in [2.45, 2.75) is 32.2 Å². The van der Waals surface area contributed by atoms with Crippen LogP contribution < -0.4 is 5.73 Å². The minimum atomic E-state index is -0.252. The van der Waals surface area contributed by atoms with Crippen molar-refractivity contribution >= 4 is 0 Å². The number of benzene rings is 1. The van der Waals surface area contributed by atoms with Crippen LogP contribution >= 0.6 is 0 Å². The molecule has 2 N–H and O–H groups in total. The van der Waals surface area contributed by atoms with Gasteiger partial charge < -0.3 is 10.3 Å². The van der Waals surface area contributed by atoms with E-state index in [2.05, 4.69) is 10.1 Å². The molecule has 0 fully saturated rings. The standard InChI is InChI=1S/C13H16FN3O/c1-8(9(2)15)13-16-12(17-18-13)7-10-3-5-11(14)6-4-10/h3-6,8-9H,7,15H2,1-2H3. The maximum absolute atomic E-state index is 12.8. The van der Waals surface area contributed by atoms with E-state index in [1.54, 1.807) is 12.1 Å². The van der Waals surface area contributed by atoms with Crippen molar-refractivity contribution < 1.29 is 8.91 Å². The highest BCUT2D eigenvalue weighted by atomic mass is 19.1. The van der Waals surface area contributed by atoms with Gasteiger partial charge in [0.05, 0.1) is 5.92 Å². The van der Waals surface area contributed by atoms with Crippen molar-refractivity contribution in [3.05, 3.63) is 47.4 Å². The zero-order valence-electron chi connectivity index (χ0n) is 10.4. The molecule has 2 rings (SSSR count). The average Bonchev–Trinajstić information content (AvgIpc) is 2.79. The zero-order chi connectivity index (χ0) is 13.1. The van der Waals surface area contributed by atoms with E-state index in [9.17, 15) is 4.39 Å². The molecule has 0 bridgehead atoms. The van der Waals surface area contributed by atoms with Gasteiger partial charge in [0.15, 0.2) is 5.82 Å². The van der Waals surface area contributed by atoms with Crippen LogP contribution in [0.4, 0.5) is 4.39 Å². The lowest BCUT2D eigenvalue weighted by molar-refractivity contribution is 0.343. The fourth-order valence-electron chi connectivity index (χ4n) is 1.53. The lowest BCUT2D eigenvalue weighted by Crippen LogP contribution is -2.22. The van der Waals surface area contributed by atoms with E-state index in [4.69, 9.17) is 10.3 Å². The second-order valence-corrected chi connectivity index (χ2v) is 4.50. The van der Waals surface area contributed by atoms with Crippen molar-refractivity contribution in [1.29, 1.82) is 0 Å². The number of nitrogens with two attached hydrogens (primary N) is 1. The number of nitrogens with zero attached hydrogens (tertiary/aromatic N) is 2. The summed E-state index contributed by atoms with van der Waals surface area (Å²) in [6.45, 7) is 3.84. The van der Waals surface area contributed by atoms with Gasteiger partial charge in [0.1, 0.15) is 5.82 Å². The molecule has 2 unspecified atom stereocenters. The normalized spacial score (nSPS) is 14.4. The van der Waals surface area contributed by atoms with E-state index in [0.29, 0.717) is 18.1 Å². The van der Waals surface area contributed by atoms with Crippen LogP contribution in [0.15, 0.2) is 28.8 Å². The van der Waals surface area contributed by atoms with E-state index >= 15 is 0 Å². The largest absolute Gasteiger partial charge is 0.339 e. The summed E-state index contributed by atoms with van der Waals surface area (Å²) in [5.74, 6) is 0.906. The van der Waals surface area contributed by atoms with E-state index in [0.717, 1.165) is 5.56 Å². The van der Waals surface area contributed by atoms with Gasteiger partial charge in [0, 0.05) is 12.5 Å². The van der Waals surface area contributed by atoms with Gasteiger partial charge in [-0.15, -0.1) is 0 Å². The van der Waals surface area contributed by atoms with Crippen molar-refractivity contribution in [2.24, 2.45) is 5.73 Å². The first kappa shape index (κ1) is 12.7. The van der Waals surface area contributed by atoms with Crippen LogP contribution in [0.2, 0.25) is 0 Å². The van der Waals surface area contributed by atoms with Crippen LogP contribution in [-0.4, -0.2) is 16.2 Å². The lowest BCUT2D eigenvalue weighted by atomic mass is 10.1. The maximum Gasteiger partial charge on any atom is 0.231 e. The minimum Gasteiger partial charge on any atom is -0.339 e. The topological polar surface area (TPSA) is 64.9 Å². The number of aromatic nitrogens is 2. The number of hydrogen-bond donors (Lipinski definition) is 1. The highest BCUT2D eigenvalue weighted by Crippen LogP contribution is 2.16. The molecule has 96 valence electrons. The minimum absolute atomic E-state index is 0.0273. The molecule has 2 aromatic rings. The molecular formula is C13H16FN3O. The Labute approximate surface area is 105 Å². The molecule has 0 radical (unpaired) electrons. The second kappa shape index (κ2) is 5.27. The lowest BCUT2D eigenvalue weighted by Gasteiger charge is -2.09. The smallest absolute Gasteiger partial charge is 0.231 e. The van der Waals surface area contributed by atoms with Gasteiger partial charge in [0.2, 0.25) is 5.89 Å². The van der Waals surface area contributed by atoms with E-state index in [-0.39, 0.29) is 17.8 Å². The molecule has 18 heavy (non-hydrogen) atoms. The van der Waals surface area contributed by atoms with Crippen LogP contribution in [0.25, 0.3) is 0 Å². The molecule has 0 amide bonds. The molecule has 5 heteroatoms.